The van der Waals surface area contributed by atoms with Crippen LogP contribution < -0.4 is 5.32 Å². The standard InChI is InChI=1S/C14H14Cl2N2/c1-2-6-17-11-5-7-18-14(9-11)12-4-3-10(15)8-13(12)16/h3-5,7-9H,2,6H2,1H3,(H,17,18). The molecule has 0 aliphatic heterocycles. The number of anilines is 1. The van der Waals surface area contributed by atoms with Crippen LogP contribution in [0.2, 0.25) is 10.0 Å². The molecule has 1 aromatic carbocycles. The molecule has 18 heavy (non-hydrogen) atoms. The molecule has 2 aromatic rings. The molecule has 1 heterocycles. The van der Waals surface area contributed by atoms with Crippen LogP contribution in [0.1, 0.15) is 13.3 Å². The van der Waals surface area contributed by atoms with Gasteiger partial charge in [-0.15, -0.1) is 0 Å². The van der Waals surface area contributed by atoms with Crippen LogP contribution in [0.3, 0.4) is 0 Å². The molecular formula is C14H14Cl2N2. The minimum Gasteiger partial charge on any atom is -0.385 e. The lowest BCUT2D eigenvalue weighted by atomic mass is 10.1. The molecule has 0 aliphatic rings. The van der Waals surface area contributed by atoms with E-state index in [4.69, 9.17) is 23.2 Å². The highest BCUT2D eigenvalue weighted by molar-refractivity contribution is 6.36. The quantitative estimate of drug-likeness (QED) is 0.864. The molecule has 0 radical (unpaired) electrons. The van der Waals surface area contributed by atoms with E-state index in [9.17, 15) is 0 Å². The third-order valence-electron chi connectivity index (χ3n) is 2.55. The summed E-state index contributed by atoms with van der Waals surface area (Å²) in [6.45, 7) is 3.07. The van der Waals surface area contributed by atoms with Gasteiger partial charge in [-0.05, 0) is 36.8 Å². The second kappa shape index (κ2) is 6.07. The van der Waals surface area contributed by atoms with Crippen molar-refractivity contribution in [2.24, 2.45) is 0 Å². The molecule has 2 nitrogen and oxygen atoms in total. The van der Waals surface area contributed by atoms with E-state index in [0.29, 0.717) is 10.0 Å². The summed E-state index contributed by atoms with van der Waals surface area (Å²) < 4.78 is 0. The Balaban J connectivity index is 2.32. The predicted molar refractivity (Wildman–Crippen MR) is 78.5 cm³/mol. The fourth-order valence-corrected chi connectivity index (χ4v) is 2.16. The normalized spacial score (nSPS) is 10.4. The summed E-state index contributed by atoms with van der Waals surface area (Å²) in [6.07, 6.45) is 2.86. The first-order valence-electron chi connectivity index (χ1n) is 5.86. The largest absolute Gasteiger partial charge is 0.385 e. The highest BCUT2D eigenvalue weighted by Crippen LogP contribution is 2.30. The Labute approximate surface area is 117 Å². The van der Waals surface area contributed by atoms with Gasteiger partial charge in [0.2, 0.25) is 0 Å². The van der Waals surface area contributed by atoms with Gasteiger partial charge in [-0.25, -0.2) is 0 Å². The second-order valence-electron chi connectivity index (χ2n) is 3.98. The summed E-state index contributed by atoms with van der Waals surface area (Å²) in [5.41, 5.74) is 2.78. The molecular weight excluding hydrogens is 267 g/mol. The Morgan fingerprint density at radius 1 is 1.17 bits per heavy atom. The van der Waals surface area contributed by atoms with Crippen LogP contribution >= 0.6 is 23.2 Å². The van der Waals surface area contributed by atoms with Crippen LogP contribution in [0.25, 0.3) is 11.3 Å². The average Bonchev–Trinajstić information content (AvgIpc) is 2.36. The van der Waals surface area contributed by atoms with Crippen molar-refractivity contribution in [3.63, 3.8) is 0 Å². The van der Waals surface area contributed by atoms with E-state index < -0.39 is 0 Å². The SMILES string of the molecule is CCCNc1ccnc(-c2ccc(Cl)cc2Cl)c1. The first-order valence-corrected chi connectivity index (χ1v) is 6.61. The first-order chi connectivity index (χ1) is 8.70. The molecule has 0 saturated carbocycles. The van der Waals surface area contributed by atoms with Gasteiger partial charge in [0.15, 0.2) is 0 Å². The summed E-state index contributed by atoms with van der Waals surface area (Å²) in [4.78, 5) is 4.34. The Morgan fingerprint density at radius 3 is 2.72 bits per heavy atom. The number of pyridine rings is 1. The van der Waals surface area contributed by atoms with Gasteiger partial charge in [0, 0.05) is 29.0 Å². The fraction of sp³-hybridized carbons (Fsp3) is 0.214. The topological polar surface area (TPSA) is 24.9 Å². The second-order valence-corrected chi connectivity index (χ2v) is 4.82. The third kappa shape index (κ3) is 3.15. The van der Waals surface area contributed by atoms with E-state index in [-0.39, 0.29) is 0 Å². The van der Waals surface area contributed by atoms with E-state index in [1.807, 2.05) is 24.3 Å². The Morgan fingerprint density at radius 2 is 2.00 bits per heavy atom. The molecule has 0 amide bonds. The molecule has 4 heteroatoms. The van der Waals surface area contributed by atoms with Crippen LogP contribution in [0, 0.1) is 0 Å². The lowest BCUT2D eigenvalue weighted by molar-refractivity contribution is 0.979. The number of rotatable bonds is 4. The van der Waals surface area contributed by atoms with Crippen LogP contribution in [-0.2, 0) is 0 Å². The molecule has 1 N–H and O–H groups in total. The van der Waals surface area contributed by atoms with Crippen molar-refractivity contribution >= 4 is 28.9 Å². The van der Waals surface area contributed by atoms with Crippen molar-refractivity contribution in [3.8, 4) is 11.3 Å². The number of benzene rings is 1. The average molecular weight is 281 g/mol. The summed E-state index contributed by atoms with van der Waals surface area (Å²) >= 11 is 12.1. The summed E-state index contributed by atoms with van der Waals surface area (Å²) in [5, 5.41) is 4.57. The number of hydrogen-bond acceptors (Lipinski definition) is 2. The molecule has 94 valence electrons. The van der Waals surface area contributed by atoms with E-state index in [0.717, 1.165) is 29.9 Å². The molecule has 0 unspecified atom stereocenters. The molecule has 0 bridgehead atoms. The molecule has 2 rings (SSSR count). The predicted octanol–water partition coefficient (Wildman–Crippen LogP) is 4.88. The van der Waals surface area contributed by atoms with E-state index in [1.165, 1.54) is 0 Å². The van der Waals surface area contributed by atoms with Crippen LogP contribution in [0.4, 0.5) is 5.69 Å². The van der Waals surface area contributed by atoms with Gasteiger partial charge in [-0.2, -0.15) is 0 Å². The maximum atomic E-state index is 6.18. The Kier molecular flexibility index (Phi) is 4.45. The zero-order valence-corrected chi connectivity index (χ0v) is 11.6. The van der Waals surface area contributed by atoms with Gasteiger partial charge in [-0.1, -0.05) is 30.1 Å². The van der Waals surface area contributed by atoms with Gasteiger partial charge in [0.25, 0.3) is 0 Å². The maximum absolute atomic E-state index is 6.18. The van der Waals surface area contributed by atoms with E-state index >= 15 is 0 Å². The van der Waals surface area contributed by atoms with Gasteiger partial charge in [0.1, 0.15) is 0 Å². The summed E-state index contributed by atoms with van der Waals surface area (Å²) in [5.74, 6) is 0. The highest BCUT2D eigenvalue weighted by Gasteiger charge is 2.06. The van der Waals surface area contributed by atoms with Crippen LogP contribution in [0.5, 0.6) is 0 Å². The molecule has 0 spiro atoms. The molecule has 0 aliphatic carbocycles. The molecule has 1 aromatic heterocycles. The number of nitrogens with one attached hydrogen (secondary N) is 1. The molecule has 0 fully saturated rings. The van der Waals surface area contributed by atoms with Crippen molar-refractivity contribution in [2.45, 2.75) is 13.3 Å². The van der Waals surface area contributed by atoms with Gasteiger partial charge < -0.3 is 5.32 Å². The van der Waals surface area contributed by atoms with Gasteiger partial charge >= 0.3 is 0 Å². The van der Waals surface area contributed by atoms with Crippen molar-refractivity contribution in [1.29, 1.82) is 0 Å². The lowest BCUT2D eigenvalue weighted by Gasteiger charge is -2.08. The number of nitrogens with zero attached hydrogens (tertiary/aromatic N) is 1. The summed E-state index contributed by atoms with van der Waals surface area (Å²) in [7, 11) is 0. The van der Waals surface area contributed by atoms with Crippen molar-refractivity contribution in [3.05, 3.63) is 46.6 Å². The van der Waals surface area contributed by atoms with Crippen molar-refractivity contribution in [1.82, 2.24) is 4.98 Å². The molecule has 0 saturated heterocycles. The minimum atomic E-state index is 0.614. The maximum Gasteiger partial charge on any atom is 0.0737 e. The third-order valence-corrected chi connectivity index (χ3v) is 3.09. The van der Waals surface area contributed by atoms with Crippen molar-refractivity contribution in [2.75, 3.05) is 11.9 Å². The lowest BCUT2D eigenvalue weighted by Crippen LogP contribution is -2.00. The van der Waals surface area contributed by atoms with Gasteiger partial charge in [-0.3, -0.25) is 4.98 Å². The van der Waals surface area contributed by atoms with E-state index in [1.54, 1.807) is 12.3 Å². The zero-order valence-electron chi connectivity index (χ0n) is 10.1. The fourth-order valence-electron chi connectivity index (χ4n) is 1.65. The smallest absolute Gasteiger partial charge is 0.0737 e. The Bertz CT molecular complexity index is 541. The highest BCUT2D eigenvalue weighted by atomic mass is 35.5. The van der Waals surface area contributed by atoms with Crippen LogP contribution in [0.15, 0.2) is 36.5 Å². The van der Waals surface area contributed by atoms with Gasteiger partial charge in [0.05, 0.1) is 10.7 Å². The first kappa shape index (κ1) is 13.2. The van der Waals surface area contributed by atoms with Crippen LogP contribution in [-0.4, -0.2) is 11.5 Å². The summed E-state index contributed by atoms with van der Waals surface area (Å²) in [6, 6.07) is 9.37. The number of halogens is 2. The zero-order chi connectivity index (χ0) is 13.0. The van der Waals surface area contributed by atoms with Crippen molar-refractivity contribution < 1.29 is 0 Å². The Hall–Kier alpha value is -1.25. The minimum absolute atomic E-state index is 0.614. The number of hydrogen-bond donors (Lipinski definition) is 1. The van der Waals surface area contributed by atoms with E-state index in [2.05, 4.69) is 17.2 Å². The monoisotopic (exact) mass is 280 g/mol. The molecule has 0 atom stereocenters. The number of aromatic nitrogens is 1.